The molecule has 2 rings (SSSR count). The highest BCUT2D eigenvalue weighted by atomic mass is 16.2. The molecule has 0 amide bonds. The fraction of sp³-hybridized carbons (Fsp3) is 0.167. The van der Waals surface area contributed by atoms with E-state index in [1.165, 1.54) is 16.5 Å². The molecule has 0 radical (unpaired) electrons. The van der Waals surface area contributed by atoms with Crippen molar-refractivity contribution in [3.8, 4) is 0 Å². The fourth-order valence-corrected chi connectivity index (χ4v) is 1.41. The lowest BCUT2D eigenvalue weighted by Gasteiger charge is -2.02. The minimum atomic E-state index is -0.0462. The predicted octanol–water partition coefficient (Wildman–Crippen LogP) is 2.13. The summed E-state index contributed by atoms with van der Waals surface area (Å²) in [4.78, 5) is 15.7. The van der Waals surface area contributed by atoms with E-state index in [0.29, 0.717) is 5.56 Å². The molecule has 0 spiro atoms. The van der Waals surface area contributed by atoms with Gasteiger partial charge in [-0.2, -0.15) is 0 Å². The molecule has 1 aromatic carbocycles. The van der Waals surface area contributed by atoms with Crippen LogP contribution in [0.1, 0.15) is 22.8 Å². The molecular formula is C12H12N2O. The lowest BCUT2D eigenvalue weighted by atomic mass is 10.1. The molecule has 76 valence electrons. The van der Waals surface area contributed by atoms with E-state index >= 15 is 0 Å². The fourth-order valence-electron chi connectivity index (χ4n) is 1.41. The smallest absolute Gasteiger partial charge is 0.263 e. The van der Waals surface area contributed by atoms with Gasteiger partial charge in [0.2, 0.25) is 0 Å². The van der Waals surface area contributed by atoms with Gasteiger partial charge in [-0.05, 0) is 24.1 Å². The number of imidazole rings is 1. The molecule has 0 N–H and O–H groups in total. The van der Waals surface area contributed by atoms with Crippen molar-refractivity contribution in [3.63, 3.8) is 0 Å². The van der Waals surface area contributed by atoms with Crippen LogP contribution in [0.2, 0.25) is 0 Å². The Morgan fingerprint density at radius 3 is 2.60 bits per heavy atom. The maximum absolute atomic E-state index is 11.8. The third-order valence-electron chi connectivity index (χ3n) is 2.35. The van der Waals surface area contributed by atoms with Gasteiger partial charge in [0, 0.05) is 18.0 Å². The number of benzene rings is 1. The van der Waals surface area contributed by atoms with Gasteiger partial charge in [-0.25, -0.2) is 4.98 Å². The van der Waals surface area contributed by atoms with Crippen LogP contribution in [-0.4, -0.2) is 15.5 Å². The average Bonchev–Trinajstić information content (AvgIpc) is 2.82. The molecule has 0 fully saturated rings. The Kier molecular flexibility index (Phi) is 2.63. The summed E-state index contributed by atoms with van der Waals surface area (Å²) in [6, 6.07) is 7.65. The lowest BCUT2D eigenvalue weighted by molar-refractivity contribution is 0.0960. The Labute approximate surface area is 88.4 Å². The summed E-state index contributed by atoms with van der Waals surface area (Å²) in [5, 5.41) is 0. The van der Waals surface area contributed by atoms with Gasteiger partial charge < -0.3 is 0 Å². The van der Waals surface area contributed by atoms with Crippen molar-refractivity contribution in [1.82, 2.24) is 9.55 Å². The molecular weight excluding hydrogens is 188 g/mol. The van der Waals surface area contributed by atoms with Crippen LogP contribution in [0.15, 0.2) is 43.0 Å². The standard InChI is InChI=1S/C12H12N2O/c1-2-10-3-5-11(6-4-10)12(15)14-8-7-13-9-14/h3-9H,2H2,1H3. The van der Waals surface area contributed by atoms with Gasteiger partial charge in [-0.1, -0.05) is 19.1 Å². The summed E-state index contributed by atoms with van der Waals surface area (Å²) in [5.74, 6) is -0.0462. The first kappa shape index (κ1) is 9.65. The predicted molar refractivity (Wildman–Crippen MR) is 57.8 cm³/mol. The van der Waals surface area contributed by atoms with Crippen molar-refractivity contribution < 1.29 is 4.79 Å². The van der Waals surface area contributed by atoms with Crippen LogP contribution in [-0.2, 0) is 6.42 Å². The Morgan fingerprint density at radius 2 is 2.07 bits per heavy atom. The van der Waals surface area contributed by atoms with E-state index in [1.54, 1.807) is 12.4 Å². The molecule has 0 aliphatic heterocycles. The van der Waals surface area contributed by atoms with E-state index in [9.17, 15) is 4.79 Å². The van der Waals surface area contributed by atoms with E-state index in [4.69, 9.17) is 0 Å². The lowest BCUT2D eigenvalue weighted by Crippen LogP contribution is -2.09. The molecule has 0 bridgehead atoms. The molecule has 0 aliphatic rings. The van der Waals surface area contributed by atoms with Crippen LogP contribution in [0, 0.1) is 0 Å². The zero-order valence-electron chi connectivity index (χ0n) is 8.55. The van der Waals surface area contributed by atoms with Crippen LogP contribution < -0.4 is 0 Å². The van der Waals surface area contributed by atoms with E-state index < -0.39 is 0 Å². The SMILES string of the molecule is CCc1ccc(C(=O)n2ccnc2)cc1. The van der Waals surface area contributed by atoms with Gasteiger partial charge in [0.25, 0.3) is 5.91 Å². The second-order valence-electron chi connectivity index (χ2n) is 3.33. The summed E-state index contributed by atoms with van der Waals surface area (Å²) in [6.07, 6.45) is 5.74. The number of hydrogen-bond acceptors (Lipinski definition) is 2. The van der Waals surface area contributed by atoms with E-state index in [1.807, 2.05) is 24.3 Å². The van der Waals surface area contributed by atoms with Crippen molar-refractivity contribution in [2.45, 2.75) is 13.3 Å². The number of aromatic nitrogens is 2. The Hall–Kier alpha value is -1.90. The van der Waals surface area contributed by atoms with Gasteiger partial charge in [0.1, 0.15) is 6.33 Å². The van der Waals surface area contributed by atoms with Gasteiger partial charge in [0.05, 0.1) is 0 Å². The molecule has 2 aromatic rings. The van der Waals surface area contributed by atoms with Crippen molar-refractivity contribution >= 4 is 5.91 Å². The van der Waals surface area contributed by atoms with Crippen molar-refractivity contribution in [3.05, 3.63) is 54.1 Å². The summed E-state index contributed by atoms with van der Waals surface area (Å²) in [6.45, 7) is 2.09. The van der Waals surface area contributed by atoms with E-state index in [2.05, 4.69) is 11.9 Å². The number of nitrogens with zero attached hydrogens (tertiary/aromatic N) is 2. The average molecular weight is 200 g/mol. The molecule has 15 heavy (non-hydrogen) atoms. The zero-order chi connectivity index (χ0) is 10.7. The van der Waals surface area contributed by atoms with Gasteiger partial charge >= 0.3 is 0 Å². The summed E-state index contributed by atoms with van der Waals surface area (Å²) < 4.78 is 1.47. The highest BCUT2D eigenvalue weighted by Gasteiger charge is 2.06. The van der Waals surface area contributed by atoms with Crippen molar-refractivity contribution in [2.75, 3.05) is 0 Å². The van der Waals surface area contributed by atoms with Crippen LogP contribution >= 0.6 is 0 Å². The number of carbonyl (C=O) groups excluding carboxylic acids is 1. The third-order valence-corrected chi connectivity index (χ3v) is 2.35. The second-order valence-corrected chi connectivity index (χ2v) is 3.33. The maximum Gasteiger partial charge on any atom is 0.263 e. The number of carbonyl (C=O) groups is 1. The molecule has 3 heteroatoms. The van der Waals surface area contributed by atoms with Crippen LogP contribution in [0.3, 0.4) is 0 Å². The highest BCUT2D eigenvalue weighted by Crippen LogP contribution is 2.06. The zero-order valence-corrected chi connectivity index (χ0v) is 8.55. The first-order valence-electron chi connectivity index (χ1n) is 4.93. The van der Waals surface area contributed by atoms with E-state index in [-0.39, 0.29) is 5.91 Å². The molecule has 0 unspecified atom stereocenters. The first-order valence-corrected chi connectivity index (χ1v) is 4.93. The minimum Gasteiger partial charge on any atom is -0.272 e. The van der Waals surface area contributed by atoms with Gasteiger partial charge in [0.15, 0.2) is 0 Å². The molecule has 3 nitrogen and oxygen atoms in total. The molecule has 0 atom stereocenters. The molecule has 1 heterocycles. The monoisotopic (exact) mass is 200 g/mol. The Morgan fingerprint density at radius 1 is 1.33 bits per heavy atom. The van der Waals surface area contributed by atoms with Crippen LogP contribution in [0.4, 0.5) is 0 Å². The number of rotatable bonds is 2. The summed E-state index contributed by atoms with van der Waals surface area (Å²) >= 11 is 0. The van der Waals surface area contributed by atoms with Crippen LogP contribution in [0.25, 0.3) is 0 Å². The largest absolute Gasteiger partial charge is 0.272 e. The Bertz CT molecular complexity index is 443. The highest BCUT2D eigenvalue weighted by molar-refractivity contribution is 5.95. The van der Waals surface area contributed by atoms with Gasteiger partial charge in [-0.3, -0.25) is 9.36 Å². The Balaban J connectivity index is 2.27. The van der Waals surface area contributed by atoms with Crippen LogP contribution in [0.5, 0.6) is 0 Å². The number of aryl methyl sites for hydroxylation is 1. The third kappa shape index (κ3) is 1.96. The molecule has 1 aromatic heterocycles. The minimum absolute atomic E-state index is 0.0462. The summed E-state index contributed by atoms with van der Waals surface area (Å²) in [5.41, 5.74) is 1.92. The quantitative estimate of drug-likeness (QED) is 0.744. The first-order chi connectivity index (χ1) is 7.31. The molecule has 0 saturated heterocycles. The second kappa shape index (κ2) is 4.09. The van der Waals surface area contributed by atoms with E-state index in [0.717, 1.165) is 6.42 Å². The topological polar surface area (TPSA) is 34.9 Å². The van der Waals surface area contributed by atoms with Gasteiger partial charge in [-0.15, -0.1) is 0 Å². The molecule has 0 saturated carbocycles. The number of hydrogen-bond donors (Lipinski definition) is 0. The maximum atomic E-state index is 11.8. The van der Waals surface area contributed by atoms with Crippen molar-refractivity contribution in [2.24, 2.45) is 0 Å². The van der Waals surface area contributed by atoms with Crippen molar-refractivity contribution in [1.29, 1.82) is 0 Å². The summed E-state index contributed by atoms with van der Waals surface area (Å²) in [7, 11) is 0. The molecule has 0 aliphatic carbocycles. The normalized spacial score (nSPS) is 10.2.